The Morgan fingerprint density at radius 2 is 2.07 bits per heavy atom. The van der Waals surface area contributed by atoms with Gasteiger partial charge in [0.05, 0.1) is 5.92 Å². The van der Waals surface area contributed by atoms with Crippen LogP contribution in [0.3, 0.4) is 0 Å². The molecule has 0 aliphatic rings. The zero-order chi connectivity index (χ0) is 10.9. The molecule has 1 atom stereocenters. The standard InChI is InChI=1S/C10H11ClO3/c1-5-3-7(11)4-8(9(5)12)6(2)10(13)14/h3-4,6,12H,1-2H3,(H,13,14). The van der Waals surface area contributed by atoms with Gasteiger partial charge in [-0.1, -0.05) is 11.6 Å². The van der Waals surface area contributed by atoms with Gasteiger partial charge in [-0.3, -0.25) is 4.79 Å². The predicted octanol–water partition coefficient (Wildman–Crippen LogP) is 2.54. The number of phenolic OH excluding ortho intramolecular Hbond substituents is 1. The molecule has 0 heterocycles. The Hall–Kier alpha value is -1.22. The third-order valence-electron chi connectivity index (χ3n) is 2.13. The summed E-state index contributed by atoms with van der Waals surface area (Å²) < 4.78 is 0. The molecule has 0 saturated carbocycles. The van der Waals surface area contributed by atoms with E-state index in [0.717, 1.165) is 0 Å². The Morgan fingerprint density at radius 3 is 2.57 bits per heavy atom. The van der Waals surface area contributed by atoms with Crippen molar-refractivity contribution in [2.75, 3.05) is 0 Å². The highest BCUT2D eigenvalue weighted by atomic mass is 35.5. The predicted molar refractivity (Wildman–Crippen MR) is 53.9 cm³/mol. The number of hydrogen-bond donors (Lipinski definition) is 2. The van der Waals surface area contributed by atoms with Crippen molar-refractivity contribution in [3.05, 3.63) is 28.3 Å². The quantitative estimate of drug-likeness (QED) is 0.796. The minimum Gasteiger partial charge on any atom is -0.507 e. The van der Waals surface area contributed by atoms with Crippen LogP contribution in [0.5, 0.6) is 5.75 Å². The van der Waals surface area contributed by atoms with Crippen molar-refractivity contribution in [2.45, 2.75) is 19.8 Å². The van der Waals surface area contributed by atoms with Gasteiger partial charge in [0.15, 0.2) is 0 Å². The minimum atomic E-state index is -0.984. The van der Waals surface area contributed by atoms with Gasteiger partial charge in [0.2, 0.25) is 0 Å². The largest absolute Gasteiger partial charge is 0.507 e. The summed E-state index contributed by atoms with van der Waals surface area (Å²) in [5.41, 5.74) is 0.933. The first kappa shape index (κ1) is 10.9. The summed E-state index contributed by atoms with van der Waals surface area (Å²) in [5, 5.41) is 18.8. The maximum Gasteiger partial charge on any atom is 0.310 e. The van der Waals surface area contributed by atoms with E-state index in [1.54, 1.807) is 13.0 Å². The van der Waals surface area contributed by atoms with Gasteiger partial charge in [-0.15, -0.1) is 0 Å². The van der Waals surface area contributed by atoms with Crippen molar-refractivity contribution in [2.24, 2.45) is 0 Å². The number of aryl methyl sites for hydroxylation is 1. The molecule has 0 amide bonds. The maximum atomic E-state index is 10.7. The molecule has 1 aromatic rings. The molecule has 2 N–H and O–H groups in total. The lowest BCUT2D eigenvalue weighted by Crippen LogP contribution is -2.08. The van der Waals surface area contributed by atoms with E-state index in [0.29, 0.717) is 16.1 Å². The number of halogens is 1. The first-order chi connectivity index (χ1) is 6.43. The Balaban J connectivity index is 3.26. The number of carbonyl (C=O) groups is 1. The van der Waals surface area contributed by atoms with Gasteiger partial charge in [-0.05, 0) is 31.5 Å². The number of phenols is 1. The molecule has 0 aromatic heterocycles. The Bertz CT molecular complexity index is 374. The highest BCUT2D eigenvalue weighted by Gasteiger charge is 2.19. The average Bonchev–Trinajstić information content (AvgIpc) is 2.09. The Morgan fingerprint density at radius 1 is 1.50 bits per heavy atom. The molecule has 0 bridgehead atoms. The molecule has 0 fully saturated rings. The molecule has 0 radical (unpaired) electrons. The maximum absolute atomic E-state index is 10.7. The molecular formula is C10H11ClO3. The molecule has 0 aliphatic heterocycles. The fourth-order valence-corrected chi connectivity index (χ4v) is 1.51. The second-order valence-corrected chi connectivity index (χ2v) is 3.66. The van der Waals surface area contributed by atoms with Crippen LogP contribution in [-0.4, -0.2) is 16.2 Å². The lowest BCUT2D eigenvalue weighted by Gasteiger charge is -2.11. The molecular weight excluding hydrogens is 204 g/mol. The van der Waals surface area contributed by atoms with Crippen LogP contribution in [0.25, 0.3) is 0 Å². The third-order valence-corrected chi connectivity index (χ3v) is 2.35. The van der Waals surface area contributed by atoms with Crippen molar-refractivity contribution in [3.8, 4) is 5.75 Å². The number of carboxylic acids is 1. The highest BCUT2D eigenvalue weighted by Crippen LogP contribution is 2.32. The van der Waals surface area contributed by atoms with E-state index in [-0.39, 0.29) is 5.75 Å². The average molecular weight is 215 g/mol. The number of aliphatic carboxylic acids is 1. The van der Waals surface area contributed by atoms with Crippen molar-refractivity contribution in [3.63, 3.8) is 0 Å². The highest BCUT2D eigenvalue weighted by molar-refractivity contribution is 6.30. The smallest absolute Gasteiger partial charge is 0.310 e. The van der Waals surface area contributed by atoms with Crippen molar-refractivity contribution in [1.29, 1.82) is 0 Å². The lowest BCUT2D eigenvalue weighted by atomic mass is 9.98. The SMILES string of the molecule is Cc1cc(Cl)cc(C(C)C(=O)O)c1O. The van der Waals surface area contributed by atoms with Crippen molar-refractivity contribution in [1.82, 2.24) is 0 Å². The topological polar surface area (TPSA) is 57.5 Å². The summed E-state index contributed by atoms with van der Waals surface area (Å²) >= 11 is 5.77. The first-order valence-corrected chi connectivity index (χ1v) is 4.53. The van der Waals surface area contributed by atoms with Crippen LogP contribution in [0.15, 0.2) is 12.1 Å². The number of hydrogen-bond acceptors (Lipinski definition) is 2. The molecule has 0 aliphatic carbocycles. The minimum absolute atomic E-state index is 0.00398. The fourth-order valence-electron chi connectivity index (χ4n) is 1.22. The van der Waals surface area contributed by atoms with E-state index >= 15 is 0 Å². The second-order valence-electron chi connectivity index (χ2n) is 3.22. The summed E-state index contributed by atoms with van der Waals surface area (Å²) in [6, 6.07) is 3.07. The van der Waals surface area contributed by atoms with Crippen LogP contribution in [-0.2, 0) is 4.79 Å². The summed E-state index contributed by atoms with van der Waals surface area (Å²) in [6.45, 7) is 3.19. The zero-order valence-electron chi connectivity index (χ0n) is 7.91. The van der Waals surface area contributed by atoms with Gasteiger partial charge >= 0.3 is 5.97 Å². The van der Waals surface area contributed by atoms with Gasteiger partial charge in [-0.25, -0.2) is 0 Å². The summed E-state index contributed by atoms with van der Waals surface area (Å²) in [7, 11) is 0. The molecule has 14 heavy (non-hydrogen) atoms. The number of carboxylic acid groups (broad SMARTS) is 1. The summed E-state index contributed by atoms with van der Waals surface area (Å²) in [5.74, 6) is -1.74. The van der Waals surface area contributed by atoms with Gasteiger partial charge in [0.25, 0.3) is 0 Å². The molecule has 1 aromatic carbocycles. The van der Waals surface area contributed by atoms with Gasteiger partial charge in [0.1, 0.15) is 5.75 Å². The number of rotatable bonds is 2. The van der Waals surface area contributed by atoms with Crippen LogP contribution in [0, 0.1) is 6.92 Å². The van der Waals surface area contributed by atoms with Gasteiger partial charge < -0.3 is 10.2 Å². The van der Waals surface area contributed by atoms with E-state index in [1.807, 2.05) is 0 Å². The van der Waals surface area contributed by atoms with Crippen LogP contribution in [0.4, 0.5) is 0 Å². The van der Waals surface area contributed by atoms with Crippen LogP contribution in [0.2, 0.25) is 5.02 Å². The fraction of sp³-hybridized carbons (Fsp3) is 0.300. The zero-order valence-corrected chi connectivity index (χ0v) is 8.67. The second kappa shape index (κ2) is 3.88. The van der Waals surface area contributed by atoms with E-state index in [2.05, 4.69) is 0 Å². The Labute approximate surface area is 86.9 Å². The molecule has 4 heteroatoms. The van der Waals surface area contributed by atoms with Crippen LogP contribution >= 0.6 is 11.6 Å². The Kier molecular flexibility index (Phi) is 3.01. The summed E-state index contributed by atoms with van der Waals surface area (Å²) in [4.78, 5) is 10.7. The molecule has 1 rings (SSSR count). The van der Waals surface area contributed by atoms with Gasteiger partial charge in [-0.2, -0.15) is 0 Å². The molecule has 0 spiro atoms. The monoisotopic (exact) mass is 214 g/mol. The summed E-state index contributed by atoms with van der Waals surface area (Å²) in [6.07, 6.45) is 0. The van der Waals surface area contributed by atoms with Crippen molar-refractivity contribution >= 4 is 17.6 Å². The number of aromatic hydroxyl groups is 1. The molecule has 0 saturated heterocycles. The van der Waals surface area contributed by atoms with Gasteiger partial charge in [0, 0.05) is 10.6 Å². The lowest BCUT2D eigenvalue weighted by molar-refractivity contribution is -0.138. The normalized spacial score (nSPS) is 12.5. The van der Waals surface area contributed by atoms with E-state index in [9.17, 15) is 9.90 Å². The van der Waals surface area contributed by atoms with E-state index < -0.39 is 11.9 Å². The van der Waals surface area contributed by atoms with Crippen LogP contribution < -0.4 is 0 Å². The van der Waals surface area contributed by atoms with E-state index in [4.69, 9.17) is 16.7 Å². The van der Waals surface area contributed by atoms with E-state index in [1.165, 1.54) is 13.0 Å². The van der Waals surface area contributed by atoms with Crippen molar-refractivity contribution < 1.29 is 15.0 Å². The first-order valence-electron chi connectivity index (χ1n) is 4.15. The van der Waals surface area contributed by atoms with Crippen LogP contribution in [0.1, 0.15) is 24.0 Å². The molecule has 3 nitrogen and oxygen atoms in total. The molecule has 1 unspecified atom stereocenters. The number of benzene rings is 1. The third kappa shape index (κ3) is 1.99. The molecule has 76 valence electrons.